The van der Waals surface area contributed by atoms with E-state index in [4.69, 9.17) is 16.3 Å². The van der Waals surface area contributed by atoms with Crippen LogP contribution in [0.15, 0.2) is 54.6 Å². The minimum Gasteiger partial charge on any atom is -0.449 e. The van der Waals surface area contributed by atoms with Crippen LogP contribution < -0.4 is 5.32 Å². The summed E-state index contributed by atoms with van der Waals surface area (Å²) in [6.45, 7) is 1.73. The van der Waals surface area contributed by atoms with Gasteiger partial charge in [0.05, 0.1) is 4.92 Å². The lowest BCUT2D eigenvalue weighted by atomic mass is 10.2. The molecule has 0 saturated heterocycles. The number of non-ortho nitro benzene ring substituents is 1. The first kappa shape index (κ1) is 20.1. The monoisotopic (exact) mass is 388 g/mol. The van der Waals surface area contributed by atoms with Crippen LogP contribution in [0.1, 0.15) is 18.1 Å². The minimum absolute atomic E-state index is 0.0829. The van der Waals surface area contributed by atoms with Gasteiger partial charge in [0.1, 0.15) is 0 Å². The number of ether oxygens (including phenoxy) is 1. The molecule has 0 heterocycles. The summed E-state index contributed by atoms with van der Waals surface area (Å²) in [5.74, 6) is -1.17. The second-order valence-corrected chi connectivity index (χ2v) is 6.05. The van der Waals surface area contributed by atoms with Crippen molar-refractivity contribution in [1.29, 1.82) is 0 Å². The lowest BCUT2D eigenvalue weighted by molar-refractivity contribution is -0.384. The van der Waals surface area contributed by atoms with Gasteiger partial charge >= 0.3 is 5.97 Å². The molecule has 1 amide bonds. The van der Waals surface area contributed by atoms with Gasteiger partial charge in [0.25, 0.3) is 11.6 Å². The second kappa shape index (κ2) is 9.49. The summed E-state index contributed by atoms with van der Waals surface area (Å²) in [5, 5.41) is 14.0. The number of hydrogen-bond acceptors (Lipinski definition) is 5. The maximum Gasteiger partial charge on any atom is 0.331 e. The maximum absolute atomic E-state index is 12.0. The molecule has 27 heavy (non-hydrogen) atoms. The zero-order chi connectivity index (χ0) is 19.8. The van der Waals surface area contributed by atoms with E-state index in [0.717, 1.165) is 11.6 Å². The molecule has 0 spiro atoms. The molecule has 0 aliphatic carbocycles. The maximum atomic E-state index is 12.0. The predicted octanol–water partition coefficient (Wildman–Crippen LogP) is 3.51. The number of halogens is 1. The molecule has 0 bridgehead atoms. The average molecular weight is 389 g/mol. The first-order valence-corrected chi connectivity index (χ1v) is 8.38. The van der Waals surface area contributed by atoms with Crippen LogP contribution in [0, 0.1) is 10.1 Å². The van der Waals surface area contributed by atoms with E-state index in [1.165, 1.54) is 31.2 Å². The van der Waals surface area contributed by atoms with Crippen LogP contribution in [0.5, 0.6) is 0 Å². The van der Waals surface area contributed by atoms with Crippen LogP contribution in [0.4, 0.5) is 5.69 Å². The van der Waals surface area contributed by atoms with Crippen molar-refractivity contribution < 1.29 is 19.2 Å². The molecule has 140 valence electrons. The largest absolute Gasteiger partial charge is 0.449 e. The highest BCUT2D eigenvalue weighted by molar-refractivity contribution is 6.30. The molecule has 0 radical (unpaired) electrons. The first-order chi connectivity index (χ1) is 12.8. The van der Waals surface area contributed by atoms with Gasteiger partial charge in [-0.1, -0.05) is 35.9 Å². The highest BCUT2D eigenvalue weighted by Crippen LogP contribution is 2.14. The van der Waals surface area contributed by atoms with Gasteiger partial charge in [-0.3, -0.25) is 14.9 Å². The predicted molar refractivity (Wildman–Crippen MR) is 101 cm³/mol. The van der Waals surface area contributed by atoms with Crippen molar-refractivity contribution in [3.8, 4) is 0 Å². The summed E-state index contributed by atoms with van der Waals surface area (Å²) in [6.07, 6.45) is 1.51. The van der Waals surface area contributed by atoms with Crippen molar-refractivity contribution in [2.75, 3.05) is 0 Å². The Balaban J connectivity index is 1.85. The molecular weight excluding hydrogens is 372 g/mol. The number of carbonyl (C=O) groups is 2. The normalized spacial score (nSPS) is 11.8. The van der Waals surface area contributed by atoms with Gasteiger partial charge in [-0.25, -0.2) is 4.79 Å². The third-order valence-electron chi connectivity index (χ3n) is 3.54. The van der Waals surface area contributed by atoms with Gasteiger partial charge in [-0.05, 0) is 36.3 Å². The van der Waals surface area contributed by atoms with E-state index in [9.17, 15) is 19.7 Å². The Bertz CT molecular complexity index is 865. The van der Waals surface area contributed by atoms with Gasteiger partial charge < -0.3 is 10.1 Å². The van der Waals surface area contributed by atoms with E-state index in [1.54, 1.807) is 30.3 Å². The summed E-state index contributed by atoms with van der Waals surface area (Å²) in [6, 6.07) is 12.8. The second-order valence-electron chi connectivity index (χ2n) is 5.61. The van der Waals surface area contributed by atoms with E-state index in [0.29, 0.717) is 10.6 Å². The summed E-state index contributed by atoms with van der Waals surface area (Å²) < 4.78 is 5.03. The number of nitro groups is 1. The van der Waals surface area contributed by atoms with Gasteiger partial charge in [0.2, 0.25) is 0 Å². The molecule has 2 aromatic carbocycles. The Morgan fingerprint density at radius 1 is 1.26 bits per heavy atom. The van der Waals surface area contributed by atoms with E-state index < -0.39 is 22.9 Å². The van der Waals surface area contributed by atoms with Crippen molar-refractivity contribution in [2.45, 2.75) is 19.6 Å². The Labute approximate surface area is 160 Å². The number of rotatable bonds is 7. The number of nitrogens with zero attached hydrogens (tertiary/aromatic N) is 1. The third-order valence-corrected chi connectivity index (χ3v) is 3.79. The highest BCUT2D eigenvalue weighted by atomic mass is 35.5. The summed E-state index contributed by atoms with van der Waals surface area (Å²) in [5.41, 5.74) is 1.25. The van der Waals surface area contributed by atoms with E-state index >= 15 is 0 Å². The molecule has 1 unspecified atom stereocenters. The van der Waals surface area contributed by atoms with Crippen molar-refractivity contribution in [2.24, 2.45) is 0 Å². The topological polar surface area (TPSA) is 98.5 Å². The molecule has 0 fully saturated rings. The zero-order valence-corrected chi connectivity index (χ0v) is 15.2. The number of benzene rings is 2. The van der Waals surface area contributed by atoms with Crippen molar-refractivity contribution in [3.63, 3.8) is 0 Å². The van der Waals surface area contributed by atoms with E-state index in [-0.39, 0.29) is 12.2 Å². The fraction of sp³-hybridized carbons (Fsp3) is 0.158. The summed E-state index contributed by atoms with van der Waals surface area (Å²) in [4.78, 5) is 34.0. The fourth-order valence-corrected chi connectivity index (χ4v) is 2.23. The SMILES string of the molecule is CC(OC(=O)/C=C/c1cccc([N+](=O)[O-])c1)C(=O)NCc1ccc(Cl)cc1. The van der Waals surface area contributed by atoms with Crippen LogP contribution in [0.25, 0.3) is 6.08 Å². The highest BCUT2D eigenvalue weighted by Gasteiger charge is 2.16. The molecule has 0 saturated carbocycles. The first-order valence-electron chi connectivity index (χ1n) is 8.00. The lowest BCUT2D eigenvalue weighted by Crippen LogP contribution is -2.35. The Kier molecular flexibility index (Phi) is 7.08. The van der Waals surface area contributed by atoms with Crippen LogP contribution in [0.3, 0.4) is 0 Å². The molecular formula is C19H17ClN2O5. The number of nitrogens with one attached hydrogen (secondary N) is 1. The molecule has 1 atom stereocenters. The summed E-state index contributed by atoms with van der Waals surface area (Å²) >= 11 is 5.80. The number of carbonyl (C=O) groups excluding carboxylic acids is 2. The third kappa shape index (κ3) is 6.56. The minimum atomic E-state index is -0.987. The Hall–Kier alpha value is -3.19. The van der Waals surface area contributed by atoms with Crippen LogP contribution in [-0.2, 0) is 20.9 Å². The number of esters is 1. The van der Waals surface area contributed by atoms with Gasteiger partial charge in [0, 0.05) is 29.8 Å². The van der Waals surface area contributed by atoms with Gasteiger partial charge in [-0.15, -0.1) is 0 Å². The molecule has 0 aromatic heterocycles. The molecule has 1 N–H and O–H groups in total. The zero-order valence-electron chi connectivity index (χ0n) is 14.4. The Morgan fingerprint density at radius 2 is 1.96 bits per heavy atom. The van der Waals surface area contributed by atoms with Crippen LogP contribution in [-0.4, -0.2) is 22.9 Å². The van der Waals surface area contributed by atoms with E-state index in [1.807, 2.05) is 0 Å². The smallest absolute Gasteiger partial charge is 0.331 e. The van der Waals surface area contributed by atoms with Crippen molar-refractivity contribution in [1.82, 2.24) is 5.32 Å². The van der Waals surface area contributed by atoms with Crippen LogP contribution >= 0.6 is 11.6 Å². The molecule has 8 heteroatoms. The lowest BCUT2D eigenvalue weighted by Gasteiger charge is -2.12. The van der Waals surface area contributed by atoms with Gasteiger partial charge in [0.15, 0.2) is 6.10 Å². The van der Waals surface area contributed by atoms with Crippen molar-refractivity contribution in [3.05, 3.63) is 80.9 Å². The standard InChI is InChI=1S/C19H17ClN2O5/c1-13(19(24)21-12-15-5-8-16(20)9-6-15)27-18(23)10-7-14-3-2-4-17(11-14)22(25)26/h2-11,13H,12H2,1H3,(H,21,24)/b10-7+. The quantitative estimate of drug-likeness (QED) is 0.338. The number of nitro benzene ring substituents is 1. The Morgan fingerprint density at radius 3 is 2.63 bits per heavy atom. The summed E-state index contributed by atoms with van der Waals surface area (Å²) in [7, 11) is 0. The number of hydrogen-bond donors (Lipinski definition) is 1. The van der Waals surface area contributed by atoms with Gasteiger partial charge in [-0.2, -0.15) is 0 Å². The fourth-order valence-electron chi connectivity index (χ4n) is 2.11. The average Bonchev–Trinajstić information content (AvgIpc) is 2.65. The molecule has 2 aromatic rings. The number of amides is 1. The molecule has 0 aliphatic rings. The molecule has 2 rings (SSSR count). The van der Waals surface area contributed by atoms with Crippen LogP contribution in [0.2, 0.25) is 5.02 Å². The molecule has 7 nitrogen and oxygen atoms in total. The van der Waals surface area contributed by atoms with Crippen molar-refractivity contribution >= 4 is 35.2 Å². The molecule has 0 aliphatic heterocycles. The van der Waals surface area contributed by atoms with E-state index in [2.05, 4.69) is 5.32 Å².